The monoisotopic (exact) mass is 246 g/mol. The van der Waals surface area contributed by atoms with Gasteiger partial charge in [0.1, 0.15) is 0 Å². The molecule has 0 fully saturated rings. The summed E-state index contributed by atoms with van der Waals surface area (Å²) in [4.78, 5) is 22.2. The van der Waals surface area contributed by atoms with Gasteiger partial charge in [-0.05, 0) is 26.5 Å². The first kappa shape index (κ1) is 15.3. The zero-order valence-corrected chi connectivity index (χ0v) is 11.3. The van der Waals surface area contributed by atoms with E-state index >= 15 is 0 Å². The SMILES string of the molecule is CSCCC(=O)NC(C)CC(C)NC(C)=O. The predicted octanol–water partition coefficient (Wildman–Crippen LogP) is 1.16. The van der Waals surface area contributed by atoms with Crippen LogP contribution >= 0.6 is 11.8 Å². The third-order valence-corrected chi connectivity index (χ3v) is 2.71. The van der Waals surface area contributed by atoms with E-state index in [2.05, 4.69) is 10.6 Å². The molecule has 0 radical (unpaired) electrons. The van der Waals surface area contributed by atoms with Gasteiger partial charge in [-0.2, -0.15) is 11.8 Å². The molecule has 2 amide bonds. The minimum atomic E-state index is -0.0339. The normalized spacial score (nSPS) is 14.0. The van der Waals surface area contributed by atoms with Gasteiger partial charge in [-0.15, -0.1) is 0 Å². The molecule has 2 unspecified atom stereocenters. The van der Waals surface area contributed by atoms with E-state index in [9.17, 15) is 9.59 Å². The fourth-order valence-electron chi connectivity index (χ4n) is 1.54. The van der Waals surface area contributed by atoms with Gasteiger partial charge in [0.05, 0.1) is 0 Å². The van der Waals surface area contributed by atoms with Gasteiger partial charge < -0.3 is 10.6 Å². The van der Waals surface area contributed by atoms with Crippen molar-refractivity contribution in [2.75, 3.05) is 12.0 Å². The fourth-order valence-corrected chi connectivity index (χ4v) is 1.93. The van der Waals surface area contributed by atoms with Gasteiger partial charge in [-0.3, -0.25) is 9.59 Å². The van der Waals surface area contributed by atoms with Crippen molar-refractivity contribution in [2.45, 2.75) is 45.7 Å². The Balaban J connectivity index is 3.75. The molecule has 0 spiro atoms. The Kier molecular flexibility index (Phi) is 8.07. The van der Waals surface area contributed by atoms with E-state index in [0.717, 1.165) is 12.2 Å². The Morgan fingerprint density at radius 3 is 2.25 bits per heavy atom. The number of amides is 2. The van der Waals surface area contributed by atoms with Crippen molar-refractivity contribution in [3.05, 3.63) is 0 Å². The second-order valence-electron chi connectivity index (χ2n) is 4.05. The van der Waals surface area contributed by atoms with Crippen LogP contribution in [0.2, 0.25) is 0 Å². The van der Waals surface area contributed by atoms with E-state index in [1.54, 1.807) is 11.8 Å². The van der Waals surface area contributed by atoms with E-state index in [1.165, 1.54) is 6.92 Å². The second kappa shape index (κ2) is 8.44. The topological polar surface area (TPSA) is 58.2 Å². The summed E-state index contributed by atoms with van der Waals surface area (Å²) in [7, 11) is 0. The molecule has 0 rings (SSSR count). The average molecular weight is 246 g/mol. The Labute approximate surface area is 102 Å². The molecule has 0 bridgehead atoms. The maximum atomic E-state index is 11.4. The lowest BCUT2D eigenvalue weighted by molar-refractivity contribution is -0.121. The van der Waals surface area contributed by atoms with Crippen molar-refractivity contribution < 1.29 is 9.59 Å². The third kappa shape index (κ3) is 8.59. The highest BCUT2D eigenvalue weighted by molar-refractivity contribution is 7.98. The number of rotatable bonds is 7. The minimum absolute atomic E-state index is 0.0339. The van der Waals surface area contributed by atoms with Gasteiger partial charge in [-0.25, -0.2) is 0 Å². The van der Waals surface area contributed by atoms with Crippen LogP contribution in [0.4, 0.5) is 0 Å². The molecule has 0 aliphatic rings. The summed E-state index contributed by atoms with van der Waals surface area (Å²) < 4.78 is 0. The van der Waals surface area contributed by atoms with Crippen LogP contribution in [-0.4, -0.2) is 35.9 Å². The predicted molar refractivity (Wildman–Crippen MR) is 68.5 cm³/mol. The summed E-state index contributed by atoms with van der Waals surface area (Å²) in [5.41, 5.74) is 0. The molecule has 0 aromatic rings. The van der Waals surface area contributed by atoms with E-state index in [4.69, 9.17) is 0 Å². The molecule has 0 saturated carbocycles. The number of carbonyl (C=O) groups excluding carboxylic acids is 2. The van der Waals surface area contributed by atoms with Gasteiger partial charge in [0.25, 0.3) is 0 Å². The highest BCUT2D eigenvalue weighted by Crippen LogP contribution is 2.00. The molecule has 94 valence electrons. The van der Waals surface area contributed by atoms with Crippen molar-refractivity contribution in [1.82, 2.24) is 10.6 Å². The second-order valence-corrected chi connectivity index (χ2v) is 5.03. The van der Waals surface area contributed by atoms with Crippen molar-refractivity contribution >= 4 is 23.6 Å². The van der Waals surface area contributed by atoms with Crippen molar-refractivity contribution in [1.29, 1.82) is 0 Å². The molecule has 2 atom stereocenters. The van der Waals surface area contributed by atoms with Gasteiger partial charge in [0, 0.05) is 31.2 Å². The number of carbonyl (C=O) groups is 2. The lowest BCUT2D eigenvalue weighted by Gasteiger charge is -2.19. The molecule has 0 heterocycles. The summed E-state index contributed by atoms with van der Waals surface area (Å²) >= 11 is 1.66. The van der Waals surface area contributed by atoms with Crippen LogP contribution in [0, 0.1) is 0 Å². The van der Waals surface area contributed by atoms with Crippen molar-refractivity contribution in [3.8, 4) is 0 Å². The molecule has 2 N–H and O–H groups in total. The van der Waals surface area contributed by atoms with Crippen LogP contribution in [0.5, 0.6) is 0 Å². The summed E-state index contributed by atoms with van der Waals surface area (Å²) in [5, 5.41) is 5.71. The van der Waals surface area contributed by atoms with Crippen LogP contribution < -0.4 is 10.6 Å². The Hall–Kier alpha value is -0.710. The summed E-state index contributed by atoms with van der Waals surface area (Å²) in [5.74, 6) is 0.894. The van der Waals surface area contributed by atoms with Crippen LogP contribution in [0.15, 0.2) is 0 Å². The summed E-state index contributed by atoms with van der Waals surface area (Å²) in [6.07, 6.45) is 3.29. The Bertz CT molecular complexity index is 234. The Morgan fingerprint density at radius 1 is 1.19 bits per heavy atom. The molecular formula is C11H22N2O2S. The zero-order chi connectivity index (χ0) is 12.6. The van der Waals surface area contributed by atoms with Crippen LogP contribution in [0.25, 0.3) is 0 Å². The molecule has 0 aromatic heterocycles. The van der Waals surface area contributed by atoms with Gasteiger partial charge in [0.15, 0.2) is 0 Å². The molecule has 16 heavy (non-hydrogen) atoms. The lowest BCUT2D eigenvalue weighted by atomic mass is 10.1. The van der Waals surface area contributed by atoms with E-state index in [1.807, 2.05) is 20.1 Å². The molecule has 0 saturated heterocycles. The maximum Gasteiger partial charge on any atom is 0.221 e. The maximum absolute atomic E-state index is 11.4. The van der Waals surface area contributed by atoms with Crippen LogP contribution in [0.1, 0.15) is 33.6 Å². The molecule has 5 heteroatoms. The molecule has 4 nitrogen and oxygen atoms in total. The molecule has 0 aromatic carbocycles. The fraction of sp³-hybridized carbons (Fsp3) is 0.818. The number of hydrogen-bond donors (Lipinski definition) is 2. The molecular weight excluding hydrogens is 224 g/mol. The van der Waals surface area contributed by atoms with Crippen LogP contribution in [0.3, 0.4) is 0 Å². The first-order chi connectivity index (χ1) is 7.45. The number of nitrogens with one attached hydrogen (secondary N) is 2. The van der Waals surface area contributed by atoms with E-state index in [0.29, 0.717) is 6.42 Å². The summed E-state index contributed by atoms with van der Waals surface area (Å²) in [6, 6.07) is 0.185. The average Bonchev–Trinajstić information content (AvgIpc) is 2.12. The highest BCUT2D eigenvalue weighted by Gasteiger charge is 2.11. The molecule has 0 aliphatic carbocycles. The first-order valence-corrected chi connectivity index (χ1v) is 6.90. The highest BCUT2D eigenvalue weighted by atomic mass is 32.2. The van der Waals surface area contributed by atoms with Gasteiger partial charge in [-0.1, -0.05) is 0 Å². The standard InChI is InChI=1S/C11H22N2O2S/c1-8(12-10(3)14)7-9(2)13-11(15)5-6-16-4/h8-9H,5-7H2,1-4H3,(H,12,14)(H,13,15). The minimum Gasteiger partial charge on any atom is -0.354 e. The van der Waals surface area contributed by atoms with Gasteiger partial charge >= 0.3 is 0 Å². The molecule has 0 aliphatic heterocycles. The van der Waals surface area contributed by atoms with Crippen LogP contribution in [-0.2, 0) is 9.59 Å². The van der Waals surface area contributed by atoms with E-state index in [-0.39, 0.29) is 23.9 Å². The zero-order valence-electron chi connectivity index (χ0n) is 10.5. The smallest absolute Gasteiger partial charge is 0.221 e. The van der Waals surface area contributed by atoms with Gasteiger partial charge in [0.2, 0.25) is 11.8 Å². The number of hydrogen-bond acceptors (Lipinski definition) is 3. The van der Waals surface area contributed by atoms with Crippen molar-refractivity contribution in [2.24, 2.45) is 0 Å². The van der Waals surface area contributed by atoms with Crippen molar-refractivity contribution in [3.63, 3.8) is 0 Å². The first-order valence-electron chi connectivity index (χ1n) is 5.51. The third-order valence-electron chi connectivity index (χ3n) is 2.10. The van der Waals surface area contributed by atoms with E-state index < -0.39 is 0 Å². The largest absolute Gasteiger partial charge is 0.354 e. The lowest BCUT2D eigenvalue weighted by Crippen LogP contribution is -2.39. The Morgan fingerprint density at radius 2 is 1.75 bits per heavy atom. The number of thioether (sulfide) groups is 1. The summed E-state index contributed by atoms with van der Waals surface area (Å²) in [6.45, 7) is 5.39. The quantitative estimate of drug-likeness (QED) is 0.708.